The average molecular weight is 322 g/mol. The van der Waals surface area contributed by atoms with Crippen molar-refractivity contribution < 1.29 is 9.59 Å². The van der Waals surface area contributed by atoms with Gasteiger partial charge in [-0.1, -0.05) is 36.4 Å². The Hall–Kier alpha value is -2.62. The molecule has 0 aliphatic carbocycles. The Morgan fingerprint density at radius 1 is 1.08 bits per heavy atom. The molecule has 0 aromatic heterocycles. The number of carbonyl (C=O) groups excluding carboxylic acids is 2. The molecule has 1 aliphatic heterocycles. The van der Waals surface area contributed by atoms with E-state index in [9.17, 15) is 9.59 Å². The third-order valence-electron chi connectivity index (χ3n) is 4.61. The Morgan fingerprint density at radius 3 is 2.50 bits per heavy atom. The van der Waals surface area contributed by atoms with Crippen LogP contribution in [0, 0.1) is 13.8 Å². The number of carbonyl (C=O) groups is 2. The van der Waals surface area contributed by atoms with Gasteiger partial charge in [0.15, 0.2) is 0 Å². The predicted molar refractivity (Wildman–Crippen MR) is 94.7 cm³/mol. The molecule has 4 heteroatoms. The van der Waals surface area contributed by atoms with Crippen molar-refractivity contribution in [2.24, 2.45) is 0 Å². The summed E-state index contributed by atoms with van der Waals surface area (Å²) in [4.78, 5) is 26.5. The smallest absolute Gasteiger partial charge is 0.247 e. The molecule has 0 saturated carbocycles. The second kappa shape index (κ2) is 6.48. The van der Waals surface area contributed by atoms with E-state index < -0.39 is 6.04 Å². The van der Waals surface area contributed by atoms with Gasteiger partial charge in [-0.15, -0.1) is 0 Å². The van der Waals surface area contributed by atoms with Gasteiger partial charge >= 0.3 is 0 Å². The first-order valence-corrected chi connectivity index (χ1v) is 8.18. The largest absolute Gasteiger partial charge is 0.326 e. The molecular weight excluding hydrogens is 300 g/mol. The van der Waals surface area contributed by atoms with E-state index in [0.717, 1.165) is 27.9 Å². The molecule has 0 fully saturated rings. The number of nitrogens with one attached hydrogen (secondary N) is 1. The first kappa shape index (κ1) is 16.2. The van der Waals surface area contributed by atoms with Gasteiger partial charge < -0.3 is 10.2 Å². The maximum atomic E-state index is 12.9. The maximum absolute atomic E-state index is 12.9. The Morgan fingerprint density at radius 2 is 1.79 bits per heavy atom. The lowest BCUT2D eigenvalue weighted by molar-refractivity contribution is -0.138. The Labute approximate surface area is 142 Å². The normalized spacial score (nSPS) is 16.5. The summed E-state index contributed by atoms with van der Waals surface area (Å²) in [7, 11) is 0. The lowest BCUT2D eigenvalue weighted by Crippen LogP contribution is -2.50. The van der Waals surface area contributed by atoms with Gasteiger partial charge in [0, 0.05) is 25.6 Å². The van der Waals surface area contributed by atoms with Gasteiger partial charge in [0.2, 0.25) is 11.8 Å². The molecule has 1 heterocycles. The highest BCUT2D eigenvalue weighted by atomic mass is 16.2. The molecule has 4 nitrogen and oxygen atoms in total. The second-order valence-corrected chi connectivity index (χ2v) is 6.44. The standard InChI is InChI=1S/C20H22N2O2/c1-13-8-9-14(2)18(10-13)21-20(24)19-11-16-6-4-5-7-17(16)12-22(19)15(3)23/h4-10,19H,11-12H2,1-3H3,(H,21,24). The van der Waals surface area contributed by atoms with Crippen LogP contribution >= 0.6 is 0 Å². The predicted octanol–water partition coefficient (Wildman–Crippen LogP) is 3.22. The van der Waals surface area contributed by atoms with Gasteiger partial charge in [-0.25, -0.2) is 0 Å². The third-order valence-corrected chi connectivity index (χ3v) is 4.61. The van der Waals surface area contributed by atoms with Crippen LogP contribution in [0.3, 0.4) is 0 Å². The van der Waals surface area contributed by atoms with Crippen LogP contribution in [0.25, 0.3) is 0 Å². The monoisotopic (exact) mass is 322 g/mol. The molecule has 0 spiro atoms. The fourth-order valence-electron chi connectivity index (χ4n) is 3.17. The Balaban J connectivity index is 1.87. The molecule has 0 bridgehead atoms. The highest BCUT2D eigenvalue weighted by Crippen LogP contribution is 2.25. The average Bonchev–Trinajstić information content (AvgIpc) is 2.56. The van der Waals surface area contributed by atoms with E-state index >= 15 is 0 Å². The highest BCUT2D eigenvalue weighted by molar-refractivity contribution is 5.98. The van der Waals surface area contributed by atoms with Crippen LogP contribution in [0.1, 0.15) is 29.2 Å². The van der Waals surface area contributed by atoms with Crippen LogP contribution in [-0.4, -0.2) is 22.8 Å². The minimum atomic E-state index is -0.475. The second-order valence-electron chi connectivity index (χ2n) is 6.44. The lowest BCUT2D eigenvalue weighted by Gasteiger charge is -2.35. The molecule has 2 aromatic carbocycles. The van der Waals surface area contributed by atoms with Gasteiger partial charge in [0.25, 0.3) is 0 Å². The van der Waals surface area contributed by atoms with E-state index in [-0.39, 0.29) is 11.8 Å². The lowest BCUT2D eigenvalue weighted by atomic mass is 9.93. The van der Waals surface area contributed by atoms with Crippen molar-refractivity contribution in [2.45, 2.75) is 39.8 Å². The van der Waals surface area contributed by atoms with E-state index in [0.29, 0.717) is 13.0 Å². The van der Waals surface area contributed by atoms with Crippen LogP contribution in [0.15, 0.2) is 42.5 Å². The molecule has 124 valence electrons. The molecule has 3 rings (SSSR count). The van der Waals surface area contributed by atoms with Crippen molar-refractivity contribution in [1.82, 2.24) is 4.90 Å². The van der Waals surface area contributed by atoms with Crippen LogP contribution in [0.4, 0.5) is 5.69 Å². The zero-order valence-electron chi connectivity index (χ0n) is 14.3. The van der Waals surface area contributed by atoms with E-state index in [2.05, 4.69) is 5.32 Å². The van der Waals surface area contributed by atoms with Gasteiger partial charge in [-0.05, 0) is 42.2 Å². The van der Waals surface area contributed by atoms with Crippen molar-refractivity contribution in [3.63, 3.8) is 0 Å². The zero-order chi connectivity index (χ0) is 17.3. The number of amides is 2. The van der Waals surface area contributed by atoms with E-state index in [1.165, 1.54) is 6.92 Å². The molecule has 1 unspecified atom stereocenters. The van der Waals surface area contributed by atoms with Gasteiger partial charge in [-0.2, -0.15) is 0 Å². The van der Waals surface area contributed by atoms with Gasteiger partial charge in [0.05, 0.1) is 0 Å². The molecule has 1 aliphatic rings. The molecule has 1 atom stereocenters. The quantitative estimate of drug-likeness (QED) is 0.923. The van der Waals surface area contributed by atoms with Gasteiger partial charge in [-0.3, -0.25) is 9.59 Å². The van der Waals surface area contributed by atoms with Crippen molar-refractivity contribution in [3.8, 4) is 0 Å². The van der Waals surface area contributed by atoms with Crippen molar-refractivity contribution in [2.75, 3.05) is 5.32 Å². The fourth-order valence-corrected chi connectivity index (χ4v) is 3.17. The van der Waals surface area contributed by atoms with Crippen LogP contribution in [0.5, 0.6) is 0 Å². The molecule has 1 N–H and O–H groups in total. The summed E-state index contributed by atoms with van der Waals surface area (Å²) in [5.41, 5.74) is 5.16. The summed E-state index contributed by atoms with van der Waals surface area (Å²) in [6, 6.07) is 13.5. The van der Waals surface area contributed by atoms with Crippen LogP contribution in [0.2, 0.25) is 0 Å². The maximum Gasteiger partial charge on any atom is 0.247 e. The Kier molecular flexibility index (Phi) is 4.38. The molecular formula is C20H22N2O2. The SMILES string of the molecule is CC(=O)N1Cc2ccccc2CC1C(=O)Nc1cc(C)ccc1C. The summed E-state index contributed by atoms with van der Waals surface area (Å²) in [5, 5.41) is 3.00. The van der Waals surface area contributed by atoms with Crippen LogP contribution < -0.4 is 5.32 Å². The molecule has 0 radical (unpaired) electrons. The van der Waals surface area contributed by atoms with Crippen LogP contribution in [-0.2, 0) is 22.6 Å². The van der Waals surface area contributed by atoms with Crippen molar-refractivity contribution in [3.05, 3.63) is 64.7 Å². The Bertz CT molecular complexity index is 798. The van der Waals surface area contributed by atoms with Crippen molar-refractivity contribution >= 4 is 17.5 Å². The van der Waals surface area contributed by atoms with Gasteiger partial charge in [0.1, 0.15) is 6.04 Å². The molecule has 2 amide bonds. The number of aryl methyl sites for hydroxylation is 2. The number of hydrogen-bond acceptors (Lipinski definition) is 2. The number of benzene rings is 2. The number of hydrogen-bond donors (Lipinski definition) is 1. The summed E-state index contributed by atoms with van der Waals surface area (Å²) in [6.45, 7) is 5.96. The fraction of sp³-hybridized carbons (Fsp3) is 0.300. The summed E-state index contributed by atoms with van der Waals surface area (Å²) < 4.78 is 0. The van der Waals surface area contributed by atoms with E-state index in [4.69, 9.17) is 0 Å². The summed E-state index contributed by atoms with van der Waals surface area (Å²) >= 11 is 0. The number of anilines is 1. The first-order chi connectivity index (χ1) is 11.5. The summed E-state index contributed by atoms with van der Waals surface area (Å²) in [5.74, 6) is -0.209. The summed E-state index contributed by atoms with van der Waals surface area (Å²) in [6.07, 6.45) is 0.548. The molecule has 2 aromatic rings. The first-order valence-electron chi connectivity index (χ1n) is 8.18. The zero-order valence-corrected chi connectivity index (χ0v) is 14.3. The third kappa shape index (κ3) is 3.18. The topological polar surface area (TPSA) is 49.4 Å². The molecule has 24 heavy (non-hydrogen) atoms. The highest BCUT2D eigenvalue weighted by Gasteiger charge is 2.33. The number of rotatable bonds is 2. The van der Waals surface area contributed by atoms with E-state index in [1.54, 1.807) is 4.90 Å². The van der Waals surface area contributed by atoms with E-state index in [1.807, 2.05) is 56.3 Å². The molecule has 0 saturated heterocycles. The number of fused-ring (bicyclic) bond motifs is 1. The van der Waals surface area contributed by atoms with Crippen molar-refractivity contribution in [1.29, 1.82) is 0 Å². The minimum Gasteiger partial charge on any atom is -0.326 e. The minimum absolute atomic E-state index is 0.0781. The number of nitrogens with zero attached hydrogens (tertiary/aromatic N) is 1.